The summed E-state index contributed by atoms with van der Waals surface area (Å²) in [4.78, 5) is 22.7. The number of anilines is 1. The number of hydrogen-bond donors (Lipinski definition) is 1. The number of benzene rings is 2. The van der Waals surface area contributed by atoms with E-state index in [1.54, 1.807) is 19.9 Å². The van der Waals surface area contributed by atoms with Gasteiger partial charge in [0.2, 0.25) is 15.9 Å². The van der Waals surface area contributed by atoms with E-state index in [9.17, 15) is 27.7 Å². The van der Waals surface area contributed by atoms with Gasteiger partial charge in [0.25, 0.3) is 5.69 Å². The number of non-ortho nitro benzene ring substituents is 1. The average Bonchev–Trinajstić information content (AvgIpc) is 2.70. The highest BCUT2D eigenvalue weighted by atomic mass is 32.2. The highest BCUT2D eigenvalue weighted by molar-refractivity contribution is 7.89. The summed E-state index contributed by atoms with van der Waals surface area (Å²) in [5.41, 5.74) is 0.942. The number of amides is 1. The smallest absolute Gasteiger partial charge is 0.270 e. The van der Waals surface area contributed by atoms with E-state index in [1.807, 2.05) is 0 Å². The molecule has 0 unspecified atom stereocenters. The van der Waals surface area contributed by atoms with Gasteiger partial charge >= 0.3 is 0 Å². The van der Waals surface area contributed by atoms with Gasteiger partial charge in [-0.05, 0) is 49.9 Å². The molecule has 1 aliphatic heterocycles. The summed E-state index contributed by atoms with van der Waals surface area (Å²) in [7, 11) is -3.93. The highest BCUT2D eigenvalue weighted by Gasteiger charge is 2.33. The highest BCUT2D eigenvalue weighted by Crippen LogP contribution is 2.29. The average molecular weight is 435 g/mol. The first-order chi connectivity index (χ1) is 14.1. The Balaban J connectivity index is 1.69. The summed E-state index contributed by atoms with van der Waals surface area (Å²) in [6.07, 6.45) is 0.541. The Labute approximate surface area is 173 Å². The van der Waals surface area contributed by atoms with Crippen LogP contribution in [0.2, 0.25) is 0 Å². The molecule has 1 N–H and O–H groups in total. The van der Waals surface area contributed by atoms with Crippen LogP contribution < -0.4 is 5.32 Å². The van der Waals surface area contributed by atoms with E-state index in [1.165, 1.54) is 28.6 Å². The van der Waals surface area contributed by atoms with Gasteiger partial charge in [0.05, 0.1) is 15.5 Å². The molecule has 2 aromatic rings. The van der Waals surface area contributed by atoms with Gasteiger partial charge in [0.15, 0.2) is 0 Å². The fourth-order valence-electron chi connectivity index (χ4n) is 3.43. The quantitative estimate of drug-likeness (QED) is 0.572. The van der Waals surface area contributed by atoms with Crippen LogP contribution in [0.25, 0.3) is 0 Å². The van der Waals surface area contributed by atoms with E-state index in [0.29, 0.717) is 5.56 Å². The number of carbonyl (C=O) groups excluding carboxylic acids is 1. The lowest BCUT2D eigenvalue weighted by atomic mass is 9.97. The Morgan fingerprint density at radius 1 is 1.17 bits per heavy atom. The second-order valence-electron chi connectivity index (χ2n) is 7.36. The fraction of sp³-hybridized carbons (Fsp3) is 0.350. The van der Waals surface area contributed by atoms with Crippen LogP contribution in [0, 0.1) is 35.7 Å². The van der Waals surface area contributed by atoms with E-state index < -0.39 is 26.7 Å². The van der Waals surface area contributed by atoms with Crippen LogP contribution in [-0.4, -0.2) is 36.6 Å². The number of aryl methyl sites for hydroxylation is 2. The molecule has 3 rings (SSSR count). The molecule has 1 fully saturated rings. The van der Waals surface area contributed by atoms with Crippen molar-refractivity contribution in [1.29, 1.82) is 0 Å². The molecule has 1 amide bonds. The summed E-state index contributed by atoms with van der Waals surface area (Å²) < 4.78 is 41.2. The third-order valence-electron chi connectivity index (χ3n) is 5.21. The maximum absolute atomic E-state index is 14.0. The molecule has 0 aliphatic carbocycles. The van der Waals surface area contributed by atoms with Crippen molar-refractivity contribution in [2.75, 3.05) is 18.4 Å². The number of halogens is 1. The van der Waals surface area contributed by atoms with Gasteiger partial charge in [0.1, 0.15) is 5.82 Å². The lowest BCUT2D eigenvalue weighted by Crippen LogP contribution is -2.41. The summed E-state index contributed by atoms with van der Waals surface area (Å²) >= 11 is 0. The number of carbonyl (C=O) groups is 1. The number of nitro benzene ring substituents is 1. The molecule has 0 aromatic heterocycles. The fourth-order valence-corrected chi connectivity index (χ4v) is 5.15. The molecule has 8 nitrogen and oxygen atoms in total. The lowest BCUT2D eigenvalue weighted by Gasteiger charge is -2.31. The van der Waals surface area contributed by atoms with E-state index in [2.05, 4.69) is 5.32 Å². The Hall–Kier alpha value is -2.85. The third-order valence-corrected chi connectivity index (χ3v) is 7.25. The molecular weight excluding hydrogens is 413 g/mol. The van der Waals surface area contributed by atoms with E-state index in [0.717, 1.165) is 11.6 Å². The van der Waals surface area contributed by atoms with Crippen LogP contribution in [0.15, 0.2) is 41.3 Å². The van der Waals surface area contributed by atoms with Crippen LogP contribution in [0.5, 0.6) is 0 Å². The van der Waals surface area contributed by atoms with Crippen molar-refractivity contribution in [2.24, 2.45) is 5.92 Å². The number of nitrogens with one attached hydrogen (secondary N) is 1. The zero-order valence-electron chi connectivity index (χ0n) is 16.6. The molecule has 0 saturated carbocycles. The standard InChI is InChI=1S/C20H22FN3O5S/c1-13-3-6-18(17(21)11-13)22-20(25)15-7-9-23(10-8-15)30(28,29)19-12-16(24(26)27)5-4-14(19)2/h3-6,11-12,15H,7-10H2,1-2H3,(H,22,25). The largest absolute Gasteiger partial charge is 0.323 e. The van der Waals surface area contributed by atoms with Gasteiger partial charge < -0.3 is 5.32 Å². The van der Waals surface area contributed by atoms with Crippen molar-refractivity contribution in [1.82, 2.24) is 4.31 Å². The monoisotopic (exact) mass is 435 g/mol. The van der Waals surface area contributed by atoms with Crippen LogP contribution >= 0.6 is 0 Å². The molecule has 0 spiro atoms. The molecule has 1 aliphatic rings. The van der Waals surface area contributed by atoms with E-state index >= 15 is 0 Å². The van der Waals surface area contributed by atoms with Crippen molar-refractivity contribution < 1.29 is 22.5 Å². The molecule has 30 heavy (non-hydrogen) atoms. The van der Waals surface area contributed by atoms with E-state index in [4.69, 9.17) is 0 Å². The molecule has 0 radical (unpaired) electrons. The van der Waals surface area contributed by atoms with Crippen LogP contribution in [0.3, 0.4) is 0 Å². The van der Waals surface area contributed by atoms with Crippen molar-refractivity contribution in [3.05, 3.63) is 63.5 Å². The molecule has 160 valence electrons. The Morgan fingerprint density at radius 2 is 1.83 bits per heavy atom. The minimum absolute atomic E-state index is 0.0906. The lowest BCUT2D eigenvalue weighted by molar-refractivity contribution is -0.385. The first kappa shape index (κ1) is 21.8. The second-order valence-corrected chi connectivity index (χ2v) is 9.26. The van der Waals surface area contributed by atoms with Gasteiger partial charge in [-0.2, -0.15) is 4.31 Å². The van der Waals surface area contributed by atoms with Crippen molar-refractivity contribution >= 4 is 27.3 Å². The molecular formula is C20H22FN3O5S. The maximum Gasteiger partial charge on any atom is 0.270 e. The summed E-state index contributed by atoms with van der Waals surface area (Å²) in [5.74, 6) is -1.34. The number of piperidine rings is 1. The second kappa shape index (κ2) is 8.49. The SMILES string of the molecule is Cc1ccc(NC(=O)C2CCN(S(=O)(=O)c3cc([N+](=O)[O-])ccc3C)CC2)c(F)c1. The number of rotatable bonds is 5. The normalized spacial score (nSPS) is 15.7. The molecule has 0 atom stereocenters. The van der Waals surface area contributed by atoms with Crippen molar-refractivity contribution in [3.63, 3.8) is 0 Å². The number of sulfonamides is 1. The Morgan fingerprint density at radius 3 is 2.43 bits per heavy atom. The van der Waals surface area contributed by atoms with Gasteiger partial charge in [-0.1, -0.05) is 12.1 Å². The molecule has 0 bridgehead atoms. The van der Waals surface area contributed by atoms with Crippen LogP contribution in [0.1, 0.15) is 24.0 Å². The van der Waals surface area contributed by atoms with Crippen molar-refractivity contribution in [3.8, 4) is 0 Å². The van der Waals surface area contributed by atoms with Crippen LogP contribution in [-0.2, 0) is 14.8 Å². The minimum Gasteiger partial charge on any atom is -0.323 e. The zero-order chi connectivity index (χ0) is 22.1. The first-order valence-electron chi connectivity index (χ1n) is 9.42. The van der Waals surface area contributed by atoms with E-state index in [-0.39, 0.29) is 48.1 Å². The zero-order valence-corrected chi connectivity index (χ0v) is 17.4. The summed E-state index contributed by atoms with van der Waals surface area (Å²) in [5, 5.41) is 13.6. The number of nitrogens with zero attached hydrogens (tertiary/aromatic N) is 2. The van der Waals surface area contributed by atoms with Crippen molar-refractivity contribution in [2.45, 2.75) is 31.6 Å². The van der Waals surface area contributed by atoms with Gasteiger partial charge in [0, 0.05) is 31.1 Å². The third kappa shape index (κ3) is 4.49. The topological polar surface area (TPSA) is 110 Å². The molecule has 1 heterocycles. The minimum atomic E-state index is -3.93. The Bertz CT molecular complexity index is 1100. The van der Waals surface area contributed by atoms with Crippen LogP contribution in [0.4, 0.5) is 15.8 Å². The number of hydrogen-bond acceptors (Lipinski definition) is 5. The van der Waals surface area contributed by atoms with Gasteiger partial charge in [-0.25, -0.2) is 12.8 Å². The number of nitro groups is 1. The molecule has 10 heteroatoms. The Kier molecular flexibility index (Phi) is 6.18. The first-order valence-corrected chi connectivity index (χ1v) is 10.9. The predicted octanol–water partition coefficient (Wildman–Crippen LogP) is 3.39. The molecule has 1 saturated heterocycles. The summed E-state index contributed by atoms with van der Waals surface area (Å²) in [6, 6.07) is 8.23. The van der Waals surface area contributed by atoms with Gasteiger partial charge in [-0.15, -0.1) is 0 Å². The molecule has 2 aromatic carbocycles. The maximum atomic E-state index is 14.0. The van der Waals surface area contributed by atoms with Gasteiger partial charge in [-0.3, -0.25) is 14.9 Å². The summed E-state index contributed by atoms with van der Waals surface area (Å²) in [6.45, 7) is 3.51. The predicted molar refractivity (Wildman–Crippen MR) is 109 cm³/mol.